The maximum Gasteiger partial charge on any atom is -0.00214 e. The van der Waals surface area contributed by atoms with Gasteiger partial charge in [0, 0.05) is 0 Å². The van der Waals surface area contributed by atoms with Gasteiger partial charge in [0.2, 0.25) is 0 Å². The second kappa shape index (κ2) is 14.9. The molecule has 0 atom stereocenters. The molecule has 0 rings (SSSR count). The highest BCUT2D eigenvalue weighted by Gasteiger charge is 1.98. The van der Waals surface area contributed by atoms with E-state index in [1.54, 1.807) is 0 Å². The summed E-state index contributed by atoms with van der Waals surface area (Å²) in [5.41, 5.74) is 0. The first kappa shape index (κ1) is 18.3. The minimum absolute atomic E-state index is 1.16. The second-order valence-electron chi connectivity index (χ2n) is 4.33. The predicted octanol–water partition coefficient (Wildman–Crippen LogP) is 3.48. The van der Waals surface area contributed by atoms with Gasteiger partial charge in [0.25, 0.3) is 0 Å². The van der Waals surface area contributed by atoms with Crippen LogP contribution in [0, 0.1) is 0 Å². The van der Waals surface area contributed by atoms with Gasteiger partial charge in [0.15, 0.2) is 0 Å². The Morgan fingerprint density at radius 2 is 0.938 bits per heavy atom. The van der Waals surface area contributed by atoms with Crippen LogP contribution in [0.3, 0.4) is 0 Å². The summed E-state index contributed by atoms with van der Waals surface area (Å²) in [5.74, 6) is 0. The summed E-state index contributed by atoms with van der Waals surface area (Å²) in [5, 5.41) is 0. The van der Waals surface area contributed by atoms with Gasteiger partial charge in [0.05, 0.1) is 0 Å². The second-order valence-corrected chi connectivity index (χ2v) is 4.33. The molecule has 0 heterocycles. The van der Waals surface area contributed by atoms with E-state index in [-0.39, 0.29) is 0 Å². The van der Waals surface area contributed by atoms with Crippen LogP contribution < -0.4 is 0 Å². The van der Waals surface area contributed by atoms with Crippen molar-refractivity contribution >= 4 is 0 Å². The largest absolute Gasteiger partial charge is 0.307 e. The van der Waals surface area contributed by atoms with Gasteiger partial charge >= 0.3 is 0 Å². The zero-order valence-corrected chi connectivity index (χ0v) is 12.6. The van der Waals surface area contributed by atoms with E-state index in [1.807, 2.05) is 0 Å². The van der Waals surface area contributed by atoms with Crippen LogP contribution >= 0.6 is 0 Å². The molecule has 0 radical (unpaired) electrons. The lowest BCUT2D eigenvalue weighted by Crippen LogP contribution is -2.25. The molecule has 0 N–H and O–H groups in total. The fraction of sp³-hybridized carbons (Fsp3) is 1.00. The molecular formula is C14H34N2. The minimum atomic E-state index is 1.16. The van der Waals surface area contributed by atoms with Gasteiger partial charge in [-0.2, -0.15) is 0 Å². The molecular weight excluding hydrogens is 196 g/mol. The summed E-state index contributed by atoms with van der Waals surface area (Å²) in [4.78, 5) is 4.79. The van der Waals surface area contributed by atoms with E-state index >= 15 is 0 Å². The summed E-state index contributed by atoms with van der Waals surface area (Å²) in [6.45, 7) is 17.2. The van der Waals surface area contributed by atoms with Crippen molar-refractivity contribution in [1.82, 2.24) is 9.80 Å². The molecule has 2 heteroatoms. The Morgan fingerprint density at radius 1 is 0.625 bits per heavy atom. The van der Waals surface area contributed by atoms with E-state index in [0.717, 1.165) is 13.1 Å². The van der Waals surface area contributed by atoms with Crippen molar-refractivity contribution in [3.8, 4) is 0 Å². The standard InChI is InChI=1S/C9H21N.C5H13N/c1-4-7-10(8-5-2)9-6-3;1-4-6(3)5-2/h4-9H2,1-3H3;4-5H2,1-3H3. The van der Waals surface area contributed by atoms with E-state index in [0.29, 0.717) is 0 Å². The Morgan fingerprint density at radius 3 is 1.06 bits per heavy atom. The molecule has 0 unspecified atom stereocenters. The van der Waals surface area contributed by atoms with Crippen molar-refractivity contribution in [2.45, 2.75) is 53.9 Å². The fourth-order valence-electron chi connectivity index (χ4n) is 1.51. The van der Waals surface area contributed by atoms with Crippen LogP contribution in [0.15, 0.2) is 0 Å². The molecule has 0 aromatic carbocycles. The van der Waals surface area contributed by atoms with Gasteiger partial charge in [-0.3, -0.25) is 0 Å². The molecule has 0 saturated carbocycles. The highest BCUT2D eigenvalue weighted by atomic mass is 15.1. The SMILES string of the molecule is CCCN(CCC)CCC.CCN(C)CC. The molecule has 0 saturated heterocycles. The van der Waals surface area contributed by atoms with Gasteiger partial charge in [-0.1, -0.05) is 34.6 Å². The van der Waals surface area contributed by atoms with Crippen LogP contribution in [0.4, 0.5) is 0 Å². The first-order chi connectivity index (χ1) is 7.65. The predicted molar refractivity (Wildman–Crippen MR) is 76.2 cm³/mol. The van der Waals surface area contributed by atoms with Gasteiger partial charge in [-0.05, 0) is 59.0 Å². The molecule has 0 fully saturated rings. The van der Waals surface area contributed by atoms with E-state index in [2.05, 4.69) is 51.5 Å². The Balaban J connectivity index is 0. The Hall–Kier alpha value is -0.0800. The molecule has 0 aromatic heterocycles. The lowest BCUT2D eigenvalue weighted by Gasteiger charge is -2.19. The number of hydrogen-bond donors (Lipinski definition) is 0. The van der Waals surface area contributed by atoms with Crippen LogP contribution in [-0.2, 0) is 0 Å². The van der Waals surface area contributed by atoms with Crippen LogP contribution in [0.25, 0.3) is 0 Å². The maximum atomic E-state index is 2.54. The zero-order chi connectivity index (χ0) is 12.8. The van der Waals surface area contributed by atoms with Gasteiger partial charge < -0.3 is 9.80 Å². The average Bonchev–Trinajstić information content (AvgIpc) is 2.30. The highest BCUT2D eigenvalue weighted by molar-refractivity contribution is 4.53. The summed E-state index contributed by atoms with van der Waals surface area (Å²) >= 11 is 0. The van der Waals surface area contributed by atoms with E-state index in [4.69, 9.17) is 0 Å². The Bertz CT molecular complexity index is 97.0. The van der Waals surface area contributed by atoms with Crippen LogP contribution in [0.1, 0.15) is 53.9 Å². The van der Waals surface area contributed by atoms with Crippen molar-refractivity contribution in [2.24, 2.45) is 0 Å². The average molecular weight is 230 g/mol. The summed E-state index contributed by atoms with van der Waals surface area (Å²) in [6.07, 6.45) is 3.88. The zero-order valence-electron chi connectivity index (χ0n) is 12.6. The third-order valence-electron chi connectivity index (χ3n) is 2.70. The van der Waals surface area contributed by atoms with Crippen molar-refractivity contribution in [3.05, 3.63) is 0 Å². The first-order valence-electron chi connectivity index (χ1n) is 7.06. The van der Waals surface area contributed by atoms with Crippen LogP contribution in [0.2, 0.25) is 0 Å². The quantitative estimate of drug-likeness (QED) is 0.630. The smallest absolute Gasteiger partial charge is 0.00214 e. The van der Waals surface area contributed by atoms with Gasteiger partial charge in [-0.25, -0.2) is 0 Å². The van der Waals surface area contributed by atoms with Gasteiger partial charge in [0.1, 0.15) is 0 Å². The number of nitrogens with zero attached hydrogens (tertiary/aromatic N) is 2. The van der Waals surface area contributed by atoms with E-state index in [9.17, 15) is 0 Å². The molecule has 0 amide bonds. The molecule has 0 spiro atoms. The van der Waals surface area contributed by atoms with Crippen LogP contribution in [0.5, 0.6) is 0 Å². The first-order valence-corrected chi connectivity index (χ1v) is 7.06. The van der Waals surface area contributed by atoms with E-state index < -0.39 is 0 Å². The molecule has 0 aliphatic carbocycles. The number of hydrogen-bond acceptors (Lipinski definition) is 2. The molecule has 0 aliphatic heterocycles. The molecule has 0 aromatic rings. The monoisotopic (exact) mass is 230 g/mol. The van der Waals surface area contributed by atoms with Crippen molar-refractivity contribution in [2.75, 3.05) is 39.8 Å². The van der Waals surface area contributed by atoms with Crippen molar-refractivity contribution < 1.29 is 0 Å². The normalized spacial score (nSPS) is 10.5. The summed E-state index contributed by atoms with van der Waals surface area (Å²) in [6, 6.07) is 0. The molecule has 0 bridgehead atoms. The fourth-order valence-corrected chi connectivity index (χ4v) is 1.51. The van der Waals surface area contributed by atoms with E-state index in [1.165, 1.54) is 38.9 Å². The molecule has 2 nitrogen and oxygen atoms in total. The lowest BCUT2D eigenvalue weighted by molar-refractivity contribution is 0.275. The number of rotatable bonds is 8. The highest BCUT2D eigenvalue weighted by Crippen LogP contribution is 1.94. The topological polar surface area (TPSA) is 6.48 Å². The minimum Gasteiger partial charge on any atom is -0.307 e. The maximum absolute atomic E-state index is 2.54. The third kappa shape index (κ3) is 13.9. The Labute approximate surface area is 104 Å². The molecule has 0 aliphatic rings. The molecule has 16 heavy (non-hydrogen) atoms. The van der Waals surface area contributed by atoms with Crippen molar-refractivity contribution in [3.63, 3.8) is 0 Å². The summed E-state index contributed by atoms with van der Waals surface area (Å²) in [7, 11) is 2.11. The lowest BCUT2D eigenvalue weighted by atomic mass is 10.3. The van der Waals surface area contributed by atoms with Crippen LogP contribution in [-0.4, -0.2) is 49.6 Å². The molecule has 100 valence electrons. The summed E-state index contributed by atoms with van der Waals surface area (Å²) < 4.78 is 0. The van der Waals surface area contributed by atoms with Gasteiger partial charge in [-0.15, -0.1) is 0 Å². The third-order valence-corrected chi connectivity index (χ3v) is 2.70. The Kier molecular flexibility index (Phi) is 17.1. The van der Waals surface area contributed by atoms with Crippen molar-refractivity contribution in [1.29, 1.82) is 0 Å².